The Morgan fingerprint density at radius 3 is 2.81 bits per heavy atom. The summed E-state index contributed by atoms with van der Waals surface area (Å²) in [6, 6.07) is 11.1. The van der Waals surface area contributed by atoms with E-state index in [2.05, 4.69) is 5.32 Å². The Kier molecular flexibility index (Phi) is 5.85. The Morgan fingerprint density at radius 2 is 2.03 bits per heavy atom. The van der Waals surface area contributed by atoms with E-state index in [1.165, 1.54) is 29.8 Å². The van der Waals surface area contributed by atoms with Gasteiger partial charge in [0.25, 0.3) is 0 Å². The first kappa shape index (κ1) is 20.8. The smallest absolute Gasteiger partial charge is 0.333 e. The number of furan rings is 1. The second kappa shape index (κ2) is 8.73. The largest absolute Gasteiger partial charge is 0.495 e. The molecule has 0 aliphatic carbocycles. The number of hydrogen-bond donors (Lipinski definition) is 1. The summed E-state index contributed by atoms with van der Waals surface area (Å²) in [4.78, 5) is 37.9. The van der Waals surface area contributed by atoms with Crippen molar-refractivity contribution >= 4 is 57.2 Å². The van der Waals surface area contributed by atoms with Gasteiger partial charge in [-0.1, -0.05) is 30.0 Å². The van der Waals surface area contributed by atoms with E-state index in [-0.39, 0.29) is 24.8 Å². The third-order valence-corrected chi connectivity index (χ3v) is 5.74. The number of nitrogens with one attached hydrogen (secondary N) is 1. The molecule has 0 spiro atoms. The Hall–Kier alpha value is -3.46. The topological polar surface area (TPSA) is 98.1 Å². The summed E-state index contributed by atoms with van der Waals surface area (Å²) >= 11 is 1.19. The van der Waals surface area contributed by atoms with Gasteiger partial charge < -0.3 is 19.2 Å². The van der Waals surface area contributed by atoms with Crippen LogP contribution in [0.25, 0.3) is 21.9 Å². The third kappa shape index (κ3) is 4.22. The van der Waals surface area contributed by atoms with Crippen LogP contribution in [0.15, 0.2) is 51.9 Å². The minimum absolute atomic E-state index is 0.160. The first-order chi connectivity index (χ1) is 15.0. The number of carbonyl (C=O) groups excluding carboxylic acids is 3. The molecule has 0 radical (unpaired) electrons. The summed E-state index contributed by atoms with van der Waals surface area (Å²) in [5.41, 5.74) is 1.76. The van der Waals surface area contributed by atoms with Gasteiger partial charge in [-0.2, -0.15) is 0 Å². The fourth-order valence-corrected chi connectivity index (χ4v) is 4.27. The van der Waals surface area contributed by atoms with Gasteiger partial charge in [0.2, 0.25) is 11.8 Å². The van der Waals surface area contributed by atoms with Gasteiger partial charge >= 0.3 is 5.97 Å². The Labute approximate surface area is 182 Å². The van der Waals surface area contributed by atoms with E-state index in [0.717, 1.165) is 16.4 Å². The van der Waals surface area contributed by atoms with Crippen molar-refractivity contribution in [2.75, 3.05) is 31.3 Å². The van der Waals surface area contributed by atoms with Gasteiger partial charge in [0.15, 0.2) is 0 Å². The van der Waals surface area contributed by atoms with Crippen molar-refractivity contribution in [3.8, 4) is 5.75 Å². The van der Waals surface area contributed by atoms with E-state index in [9.17, 15) is 14.4 Å². The van der Waals surface area contributed by atoms with Gasteiger partial charge in [-0.15, -0.1) is 0 Å². The zero-order chi connectivity index (χ0) is 22.0. The molecule has 1 aliphatic heterocycles. The maximum atomic E-state index is 12.7. The highest BCUT2D eigenvalue weighted by atomic mass is 32.2. The highest BCUT2D eigenvalue weighted by Gasteiger charge is 2.29. The Morgan fingerprint density at radius 1 is 1.23 bits per heavy atom. The van der Waals surface area contributed by atoms with Gasteiger partial charge in [-0.25, -0.2) is 4.79 Å². The molecule has 0 bridgehead atoms. The Balaban J connectivity index is 1.57. The summed E-state index contributed by atoms with van der Waals surface area (Å²) in [6.45, 7) is 1.69. The van der Waals surface area contributed by atoms with E-state index < -0.39 is 11.9 Å². The molecule has 2 heterocycles. The standard InChI is InChI=1S/C22H20N2O6S/c1-3-29-22(27)10-21-24(20(26)12-31-21)11-19(25)23-15-9-17-14(8-18(15)28-2)13-6-4-5-7-16(13)30-17/h4-10H,3,11-12H2,1-2H3,(H,23,25). The van der Waals surface area contributed by atoms with Crippen LogP contribution in [0.5, 0.6) is 5.75 Å². The van der Waals surface area contributed by atoms with Crippen molar-refractivity contribution in [2.45, 2.75) is 6.92 Å². The molecular formula is C22H20N2O6S. The van der Waals surface area contributed by atoms with Crippen molar-refractivity contribution < 1.29 is 28.3 Å². The van der Waals surface area contributed by atoms with Crippen molar-refractivity contribution in [1.29, 1.82) is 0 Å². The molecule has 1 saturated heterocycles. The average Bonchev–Trinajstić information content (AvgIpc) is 3.27. The van der Waals surface area contributed by atoms with Gasteiger partial charge in [0, 0.05) is 16.8 Å². The average molecular weight is 440 g/mol. The number of nitrogens with zero attached hydrogens (tertiary/aromatic N) is 1. The molecule has 0 atom stereocenters. The molecule has 0 unspecified atom stereocenters. The Bertz CT molecular complexity index is 1220. The van der Waals surface area contributed by atoms with Crippen molar-refractivity contribution in [3.05, 3.63) is 47.5 Å². The van der Waals surface area contributed by atoms with Crippen molar-refractivity contribution in [3.63, 3.8) is 0 Å². The van der Waals surface area contributed by atoms with Crippen LogP contribution in [0.4, 0.5) is 5.69 Å². The molecule has 1 aromatic heterocycles. The number of esters is 1. The number of para-hydroxylation sites is 1. The van der Waals surface area contributed by atoms with Gasteiger partial charge in [0.05, 0.1) is 36.3 Å². The predicted molar refractivity (Wildman–Crippen MR) is 118 cm³/mol. The van der Waals surface area contributed by atoms with Crippen LogP contribution in [0, 0.1) is 0 Å². The number of thioether (sulfide) groups is 1. The van der Waals surface area contributed by atoms with Crippen LogP contribution in [-0.4, -0.2) is 48.7 Å². The minimum atomic E-state index is -0.554. The molecule has 160 valence electrons. The lowest BCUT2D eigenvalue weighted by molar-refractivity contribution is -0.137. The maximum Gasteiger partial charge on any atom is 0.333 e. The second-order valence-electron chi connectivity index (χ2n) is 6.70. The number of rotatable bonds is 6. The lowest BCUT2D eigenvalue weighted by Crippen LogP contribution is -2.34. The van der Waals surface area contributed by atoms with Crippen LogP contribution in [-0.2, 0) is 19.1 Å². The molecule has 31 heavy (non-hydrogen) atoms. The zero-order valence-corrected chi connectivity index (χ0v) is 17.8. The van der Waals surface area contributed by atoms with E-state index in [1.54, 1.807) is 19.1 Å². The molecule has 0 saturated carbocycles. The normalized spacial score (nSPS) is 15.1. The summed E-state index contributed by atoms with van der Waals surface area (Å²) in [6.07, 6.45) is 1.23. The number of hydrogen-bond acceptors (Lipinski definition) is 7. The minimum Gasteiger partial charge on any atom is -0.495 e. The lowest BCUT2D eigenvalue weighted by atomic mass is 10.1. The molecule has 2 amide bonds. The lowest BCUT2D eigenvalue weighted by Gasteiger charge is -2.17. The van der Waals surface area contributed by atoms with Crippen LogP contribution in [0.3, 0.4) is 0 Å². The number of carbonyl (C=O) groups is 3. The summed E-state index contributed by atoms with van der Waals surface area (Å²) in [5, 5.41) is 4.98. The van der Waals surface area contributed by atoms with Gasteiger partial charge in [0.1, 0.15) is 23.5 Å². The van der Waals surface area contributed by atoms with E-state index in [0.29, 0.717) is 22.0 Å². The molecule has 4 rings (SSSR count). The molecular weight excluding hydrogens is 420 g/mol. The molecule has 1 N–H and O–H groups in total. The summed E-state index contributed by atoms with van der Waals surface area (Å²) in [7, 11) is 1.51. The maximum absolute atomic E-state index is 12.7. The highest BCUT2D eigenvalue weighted by Crippen LogP contribution is 2.36. The zero-order valence-electron chi connectivity index (χ0n) is 17.0. The van der Waals surface area contributed by atoms with E-state index in [1.807, 2.05) is 24.3 Å². The molecule has 1 fully saturated rings. The summed E-state index contributed by atoms with van der Waals surface area (Å²) < 4.78 is 16.2. The number of fused-ring (bicyclic) bond motifs is 3. The van der Waals surface area contributed by atoms with Gasteiger partial charge in [-0.05, 0) is 19.1 Å². The van der Waals surface area contributed by atoms with Crippen LogP contribution < -0.4 is 10.1 Å². The summed E-state index contributed by atoms with van der Waals surface area (Å²) in [5.74, 6) is -0.610. The monoisotopic (exact) mass is 440 g/mol. The number of amides is 2. The third-order valence-electron chi connectivity index (χ3n) is 4.71. The molecule has 8 nitrogen and oxygen atoms in total. The van der Waals surface area contributed by atoms with Crippen molar-refractivity contribution in [2.24, 2.45) is 0 Å². The fraction of sp³-hybridized carbons (Fsp3) is 0.227. The molecule has 9 heteroatoms. The van der Waals surface area contributed by atoms with Crippen molar-refractivity contribution in [1.82, 2.24) is 4.90 Å². The number of benzene rings is 2. The molecule has 3 aromatic rings. The highest BCUT2D eigenvalue weighted by molar-refractivity contribution is 8.04. The van der Waals surface area contributed by atoms with Crippen LogP contribution >= 0.6 is 11.8 Å². The SMILES string of the molecule is CCOC(=O)C=C1SCC(=O)N1CC(=O)Nc1cc2oc3ccccc3c2cc1OC. The first-order valence-electron chi connectivity index (χ1n) is 9.61. The second-order valence-corrected chi connectivity index (χ2v) is 7.69. The molecule has 2 aromatic carbocycles. The molecule has 1 aliphatic rings. The number of anilines is 1. The van der Waals surface area contributed by atoms with Crippen LogP contribution in [0.2, 0.25) is 0 Å². The van der Waals surface area contributed by atoms with Crippen LogP contribution in [0.1, 0.15) is 6.92 Å². The predicted octanol–water partition coefficient (Wildman–Crippen LogP) is 3.51. The first-order valence-corrected chi connectivity index (χ1v) is 10.6. The van der Waals surface area contributed by atoms with Gasteiger partial charge in [-0.3, -0.25) is 14.5 Å². The fourth-order valence-electron chi connectivity index (χ4n) is 3.34. The quantitative estimate of drug-likeness (QED) is 0.463. The van der Waals surface area contributed by atoms with E-state index >= 15 is 0 Å². The van der Waals surface area contributed by atoms with E-state index in [4.69, 9.17) is 13.9 Å². The number of methoxy groups -OCH3 is 1. The number of ether oxygens (including phenoxy) is 2.